The van der Waals surface area contributed by atoms with E-state index in [1.807, 2.05) is 19.1 Å². The normalized spacial score (nSPS) is 19.1. The van der Waals surface area contributed by atoms with Crippen LogP contribution >= 0.6 is 11.3 Å². The Kier molecular flexibility index (Phi) is 5.59. The summed E-state index contributed by atoms with van der Waals surface area (Å²) < 4.78 is 11.0. The third kappa shape index (κ3) is 4.01. The van der Waals surface area contributed by atoms with E-state index in [1.54, 1.807) is 6.20 Å². The number of nitrogens with zero attached hydrogens (tertiary/aromatic N) is 3. The van der Waals surface area contributed by atoms with E-state index in [9.17, 15) is 9.90 Å². The molecule has 4 rings (SSSR count). The monoisotopic (exact) mass is 414 g/mol. The number of aliphatic hydroxyl groups excluding tert-OH is 1. The highest BCUT2D eigenvalue weighted by Crippen LogP contribution is 2.36. The first-order chi connectivity index (χ1) is 14.1. The Morgan fingerprint density at radius 1 is 1.24 bits per heavy atom. The number of fused-ring (bicyclic) bond motifs is 1. The average Bonchev–Trinajstić information content (AvgIpc) is 3.08. The third-order valence-corrected chi connectivity index (χ3v) is 6.22. The molecule has 0 aliphatic heterocycles. The van der Waals surface area contributed by atoms with E-state index in [1.165, 1.54) is 24.8 Å². The summed E-state index contributed by atoms with van der Waals surface area (Å²) in [7, 11) is 1.36. The summed E-state index contributed by atoms with van der Waals surface area (Å²) >= 11 is 1.28. The summed E-state index contributed by atoms with van der Waals surface area (Å²) in [4.78, 5) is 26.3. The van der Waals surface area contributed by atoms with Crippen molar-refractivity contribution in [2.75, 3.05) is 12.4 Å². The number of aliphatic hydroxyl groups is 1. The Balaban J connectivity index is 1.64. The van der Waals surface area contributed by atoms with Crippen molar-refractivity contribution in [2.24, 2.45) is 0 Å². The number of carbonyl (C=O) groups is 1. The summed E-state index contributed by atoms with van der Waals surface area (Å²) in [5.74, 6) is 0.680. The van der Waals surface area contributed by atoms with Gasteiger partial charge in [0.25, 0.3) is 0 Å². The Morgan fingerprint density at radius 2 is 2.03 bits per heavy atom. The predicted octanol–water partition coefficient (Wildman–Crippen LogP) is 3.61. The van der Waals surface area contributed by atoms with Crippen LogP contribution in [0.15, 0.2) is 24.7 Å². The Morgan fingerprint density at radius 3 is 2.79 bits per heavy atom. The second kappa shape index (κ2) is 8.30. The first-order valence-electron chi connectivity index (χ1n) is 9.46. The van der Waals surface area contributed by atoms with Crippen molar-refractivity contribution in [2.45, 2.75) is 44.8 Å². The third-order valence-electron chi connectivity index (χ3n) is 5.04. The fourth-order valence-corrected chi connectivity index (χ4v) is 4.55. The molecule has 1 aliphatic rings. The summed E-state index contributed by atoms with van der Waals surface area (Å²) in [6.07, 6.45) is 5.97. The Hall–Kier alpha value is -2.78. The largest absolute Gasteiger partial charge is 0.473 e. The summed E-state index contributed by atoms with van der Waals surface area (Å²) in [6.45, 7) is 1.85. The smallest absolute Gasteiger partial charge is 0.348 e. The fraction of sp³-hybridized carbons (Fsp3) is 0.400. The molecule has 3 aromatic rings. The highest BCUT2D eigenvalue weighted by molar-refractivity contribution is 7.20. The van der Waals surface area contributed by atoms with Crippen LogP contribution in [0.4, 0.5) is 11.5 Å². The van der Waals surface area contributed by atoms with Crippen LogP contribution in [0, 0.1) is 6.92 Å². The molecular weight excluding hydrogens is 392 g/mol. The van der Waals surface area contributed by atoms with Gasteiger partial charge in [0, 0.05) is 6.20 Å². The molecule has 1 aliphatic carbocycles. The lowest BCUT2D eigenvalue weighted by molar-refractivity contribution is 0.0605. The molecule has 0 spiro atoms. The number of hydrogen-bond donors (Lipinski definition) is 2. The number of hydrogen-bond acceptors (Lipinski definition) is 9. The van der Waals surface area contributed by atoms with Crippen molar-refractivity contribution in [3.63, 3.8) is 0 Å². The van der Waals surface area contributed by atoms with Crippen molar-refractivity contribution < 1.29 is 19.4 Å². The van der Waals surface area contributed by atoms with Crippen molar-refractivity contribution in [1.29, 1.82) is 0 Å². The van der Waals surface area contributed by atoms with Crippen LogP contribution in [0.25, 0.3) is 10.2 Å². The minimum atomic E-state index is -0.388. The van der Waals surface area contributed by atoms with Crippen molar-refractivity contribution in [3.05, 3.63) is 35.1 Å². The maximum Gasteiger partial charge on any atom is 0.348 e. The average molecular weight is 414 g/mol. The molecule has 0 saturated heterocycles. The minimum Gasteiger partial charge on any atom is -0.473 e. The van der Waals surface area contributed by atoms with Gasteiger partial charge in [0.1, 0.15) is 33.6 Å². The van der Waals surface area contributed by atoms with E-state index >= 15 is 0 Å². The van der Waals surface area contributed by atoms with Gasteiger partial charge < -0.3 is 19.9 Å². The molecule has 9 heteroatoms. The zero-order valence-corrected chi connectivity index (χ0v) is 17.0. The van der Waals surface area contributed by atoms with E-state index in [0.717, 1.165) is 36.6 Å². The first kappa shape index (κ1) is 19.5. The van der Waals surface area contributed by atoms with Crippen LogP contribution in [-0.2, 0) is 4.74 Å². The van der Waals surface area contributed by atoms with Gasteiger partial charge in [0.05, 0.1) is 18.6 Å². The lowest BCUT2D eigenvalue weighted by Crippen LogP contribution is -2.27. The van der Waals surface area contributed by atoms with Gasteiger partial charge in [-0.1, -0.05) is 0 Å². The summed E-state index contributed by atoms with van der Waals surface area (Å²) in [5.41, 5.74) is 1.46. The van der Waals surface area contributed by atoms with Crippen molar-refractivity contribution >= 4 is 39.0 Å². The number of pyridine rings is 1. The molecule has 0 bridgehead atoms. The molecule has 0 atom stereocenters. The van der Waals surface area contributed by atoms with Gasteiger partial charge >= 0.3 is 5.97 Å². The minimum absolute atomic E-state index is 0.0214. The van der Waals surface area contributed by atoms with E-state index in [4.69, 9.17) is 9.47 Å². The molecule has 2 N–H and O–H groups in total. The number of thiophene rings is 1. The molecule has 3 heterocycles. The maximum absolute atomic E-state index is 12.0. The molecule has 0 unspecified atom stereocenters. The van der Waals surface area contributed by atoms with Crippen LogP contribution in [0.3, 0.4) is 0 Å². The number of aryl methyl sites for hydroxylation is 1. The lowest BCUT2D eigenvalue weighted by Gasteiger charge is -2.26. The lowest BCUT2D eigenvalue weighted by atomic mass is 9.95. The second-order valence-corrected chi connectivity index (χ2v) is 7.98. The molecule has 1 fully saturated rings. The van der Waals surface area contributed by atoms with E-state index in [0.29, 0.717) is 27.1 Å². The van der Waals surface area contributed by atoms with Gasteiger partial charge in [-0.05, 0) is 50.3 Å². The second-order valence-electron chi connectivity index (χ2n) is 6.98. The Bertz CT molecular complexity index is 1030. The number of ether oxygens (including phenoxy) is 2. The number of carbonyl (C=O) groups excluding carboxylic acids is 1. The number of esters is 1. The molecule has 0 amide bonds. The zero-order chi connectivity index (χ0) is 20.4. The predicted molar refractivity (Wildman–Crippen MR) is 110 cm³/mol. The fourth-order valence-electron chi connectivity index (χ4n) is 3.48. The SMILES string of the molecule is COC(=O)c1sc2ncnc(Nc3cccnc3OC3CCC(O)CC3)c2c1C. The van der Waals surface area contributed by atoms with Crippen molar-refractivity contribution in [1.82, 2.24) is 15.0 Å². The molecule has 1 saturated carbocycles. The van der Waals surface area contributed by atoms with Crippen LogP contribution in [0.2, 0.25) is 0 Å². The highest BCUT2D eigenvalue weighted by atomic mass is 32.1. The molecule has 0 aromatic carbocycles. The number of rotatable bonds is 5. The van der Waals surface area contributed by atoms with Crippen LogP contribution in [0.1, 0.15) is 40.9 Å². The van der Waals surface area contributed by atoms with Crippen molar-refractivity contribution in [3.8, 4) is 5.88 Å². The summed E-state index contributed by atoms with van der Waals surface area (Å²) in [6, 6.07) is 3.69. The van der Waals surface area contributed by atoms with Crippen LogP contribution in [-0.4, -0.2) is 45.3 Å². The molecule has 152 valence electrons. The van der Waals surface area contributed by atoms with Gasteiger partial charge in [-0.2, -0.15) is 0 Å². The molecule has 3 aromatic heterocycles. The first-order valence-corrected chi connectivity index (χ1v) is 10.3. The van der Waals surface area contributed by atoms with Crippen LogP contribution in [0.5, 0.6) is 5.88 Å². The molecular formula is C20H22N4O4S. The standard InChI is InChI=1S/C20H22N4O4S/c1-11-15-17(22-10-23-19(15)29-16(11)20(26)27-2)24-14-4-3-9-21-18(14)28-13-7-5-12(25)6-8-13/h3-4,9-10,12-13,25H,5-8H2,1-2H3,(H,22,23,24). The number of aromatic nitrogens is 3. The molecule has 0 radical (unpaired) electrons. The van der Waals surface area contributed by atoms with E-state index < -0.39 is 0 Å². The number of nitrogens with one attached hydrogen (secondary N) is 1. The van der Waals surface area contributed by atoms with Gasteiger partial charge in [-0.25, -0.2) is 19.7 Å². The zero-order valence-electron chi connectivity index (χ0n) is 16.2. The quantitative estimate of drug-likeness (QED) is 0.610. The highest BCUT2D eigenvalue weighted by Gasteiger charge is 2.23. The van der Waals surface area contributed by atoms with E-state index in [2.05, 4.69) is 20.3 Å². The molecule has 8 nitrogen and oxygen atoms in total. The van der Waals surface area contributed by atoms with Gasteiger partial charge in [-0.15, -0.1) is 11.3 Å². The van der Waals surface area contributed by atoms with E-state index in [-0.39, 0.29) is 18.2 Å². The molecule has 29 heavy (non-hydrogen) atoms. The number of methoxy groups -OCH3 is 1. The topological polar surface area (TPSA) is 106 Å². The van der Waals surface area contributed by atoms with Gasteiger partial charge in [0.15, 0.2) is 0 Å². The number of anilines is 2. The summed E-state index contributed by atoms with van der Waals surface area (Å²) in [5, 5.41) is 13.8. The van der Waals surface area contributed by atoms with Crippen LogP contribution < -0.4 is 10.1 Å². The van der Waals surface area contributed by atoms with Gasteiger partial charge in [-0.3, -0.25) is 0 Å². The Labute approximate surface area is 171 Å². The van der Waals surface area contributed by atoms with Gasteiger partial charge in [0.2, 0.25) is 5.88 Å². The maximum atomic E-state index is 12.0.